The number of esters is 2. The van der Waals surface area contributed by atoms with Crippen LogP contribution >= 0.6 is 0 Å². The molecule has 0 fully saturated rings. The SMILES string of the molecule is COC(=O)c1cccc(NS(=O)(=O)c2ccc(C)c(C(=O)OC)c2)c1. The molecule has 132 valence electrons. The molecule has 0 aliphatic carbocycles. The summed E-state index contributed by atoms with van der Waals surface area (Å²) in [5.41, 5.74) is 1.16. The maximum atomic E-state index is 12.5. The summed E-state index contributed by atoms with van der Waals surface area (Å²) in [6.45, 7) is 1.68. The molecular formula is C17H17NO6S. The van der Waals surface area contributed by atoms with E-state index in [1.54, 1.807) is 6.92 Å². The van der Waals surface area contributed by atoms with Crippen LogP contribution in [0.3, 0.4) is 0 Å². The normalized spacial score (nSPS) is 10.8. The molecule has 25 heavy (non-hydrogen) atoms. The van der Waals surface area contributed by atoms with Crippen LogP contribution in [-0.2, 0) is 19.5 Å². The second-order valence-electron chi connectivity index (χ2n) is 5.15. The van der Waals surface area contributed by atoms with Crippen molar-refractivity contribution in [3.05, 3.63) is 59.2 Å². The fourth-order valence-corrected chi connectivity index (χ4v) is 3.22. The van der Waals surface area contributed by atoms with E-state index in [1.165, 1.54) is 56.7 Å². The second-order valence-corrected chi connectivity index (χ2v) is 6.83. The number of ether oxygens (including phenoxy) is 2. The number of benzene rings is 2. The van der Waals surface area contributed by atoms with E-state index in [0.29, 0.717) is 5.56 Å². The zero-order valence-corrected chi connectivity index (χ0v) is 14.7. The molecule has 2 aromatic carbocycles. The first-order chi connectivity index (χ1) is 11.8. The van der Waals surface area contributed by atoms with Crippen molar-refractivity contribution in [2.24, 2.45) is 0 Å². The van der Waals surface area contributed by atoms with E-state index < -0.39 is 22.0 Å². The Bertz CT molecular complexity index is 920. The minimum Gasteiger partial charge on any atom is -0.465 e. The molecular weight excluding hydrogens is 346 g/mol. The predicted octanol–water partition coefficient (Wildman–Crippen LogP) is 2.37. The van der Waals surface area contributed by atoms with Gasteiger partial charge in [0.05, 0.1) is 30.2 Å². The Balaban J connectivity index is 2.37. The molecule has 0 spiro atoms. The minimum atomic E-state index is -3.95. The van der Waals surface area contributed by atoms with Gasteiger partial charge < -0.3 is 9.47 Å². The van der Waals surface area contributed by atoms with Crippen LogP contribution in [0.4, 0.5) is 5.69 Å². The average molecular weight is 363 g/mol. The molecule has 0 aliphatic rings. The van der Waals surface area contributed by atoms with Crippen LogP contribution in [0, 0.1) is 6.92 Å². The maximum absolute atomic E-state index is 12.5. The highest BCUT2D eigenvalue weighted by Gasteiger charge is 2.19. The number of aryl methyl sites for hydroxylation is 1. The third-order valence-corrected chi connectivity index (χ3v) is 4.84. The molecule has 1 N–H and O–H groups in total. The summed E-state index contributed by atoms with van der Waals surface area (Å²) in [5, 5.41) is 0. The number of nitrogens with one attached hydrogen (secondary N) is 1. The van der Waals surface area contributed by atoms with Gasteiger partial charge in [-0.2, -0.15) is 0 Å². The van der Waals surface area contributed by atoms with E-state index in [1.807, 2.05) is 0 Å². The second kappa shape index (κ2) is 7.35. The molecule has 0 aliphatic heterocycles. The Morgan fingerprint density at radius 3 is 2.28 bits per heavy atom. The largest absolute Gasteiger partial charge is 0.465 e. The highest BCUT2D eigenvalue weighted by atomic mass is 32.2. The zero-order valence-electron chi connectivity index (χ0n) is 13.9. The summed E-state index contributed by atoms with van der Waals surface area (Å²) in [6.07, 6.45) is 0. The van der Waals surface area contributed by atoms with Gasteiger partial charge in [0, 0.05) is 5.69 Å². The van der Waals surface area contributed by atoms with E-state index in [2.05, 4.69) is 14.2 Å². The predicted molar refractivity (Wildman–Crippen MR) is 91.1 cm³/mol. The van der Waals surface area contributed by atoms with Crippen LogP contribution in [0.5, 0.6) is 0 Å². The monoisotopic (exact) mass is 363 g/mol. The zero-order chi connectivity index (χ0) is 18.6. The molecule has 0 amide bonds. The summed E-state index contributed by atoms with van der Waals surface area (Å²) in [6, 6.07) is 10.0. The molecule has 0 saturated carbocycles. The van der Waals surface area contributed by atoms with Gasteiger partial charge in [0.15, 0.2) is 0 Å². The lowest BCUT2D eigenvalue weighted by Crippen LogP contribution is -2.15. The van der Waals surface area contributed by atoms with Crippen molar-refractivity contribution < 1.29 is 27.5 Å². The molecule has 8 heteroatoms. The van der Waals surface area contributed by atoms with E-state index in [9.17, 15) is 18.0 Å². The van der Waals surface area contributed by atoms with E-state index in [4.69, 9.17) is 0 Å². The fourth-order valence-electron chi connectivity index (χ4n) is 2.14. The first kappa shape index (κ1) is 18.5. The number of carbonyl (C=O) groups is 2. The summed E-state index contributed by atoms with van der Waals surface area (Å²) in [7, 11) is -1.50. The van der Waals surface area contributed by atoms with Crippen molar-refractivity contribution >= 4 is 27.6 Å². The smallest absolute Gasteiger partial charge is 0.338 e. The maximum Gasteiger partial charge on any atom is 0.338 e. The van der Waals surface area contributed by atoms with Gasteiger partial charge in [0.1, 0.15) is 0 Å². The number of rotatable bonds is 5. The van der Waals surface area contributed by atoms with Crippen LogP contribution in [0.2, 0.25) is 0 Å². The van der Waals surface area contributed by atoms with Gasteiger partial charge in [-0.05, 0) is 42.8 Å². The van der Waals surface area contributed by atoms with Crippen molar-refractivity contribution in [3.8, 4) is 0 Å². The number of hydrogen-bond acceptors (Lipinski definition) is 6. The van der Waals surface area contributed by atoms with Crippen molar-refractivity contribution in [1.29, 1.82) is 0 Å². The highest BCUT2D eigenvalue weighted by molar-refractivity contribution is 7.92. The lowest BCUT2D eigenvalue weighted by Gasteiger charge is -2.11. The van der Waals surface area contributed by atoms with Gasteiger partial charge >= 0.3 is 11.9 Å². The van der Waals surface area contributed by atoms with Crippen LogP contribution in [0.15, 0.2) is 47.4 Å². The summed E-state index contributed by atoms with van der Waals surface area (Å²) < 4.78 is 36.7. The average Bonchev–Trinajstić information content (AvgIpc) is 2.60. The van der Waals surface area contributed by atoms with Gasteiger partial charge in [-0.15, -0.1) is 0 Å². The number of sulfonamides is 1. The van der Waals surface area contributed by atoms with Gasteiger partial charge in [0.2, 0.25) is 0 Å². The summed E-state index contributed by atoms with van der Waals surface area (Å²) in [4.78, 5) is 23.2. The molecule has 0 heterocycles. The Hall–Kier alpha value is -2.87. The number of methoxy groups -OCH3 is 2. The molecule has 0 atom stereocenters. The van der Waals surface area contributed by atoms with Crippen molar-refractivity contribution in [1.82, 2.24) is 0 Å². The van der Waals surface area contributed by atoms with Gasteiger partial charge in [-0.25, -0.2) is 18.0 Å². The topological polar surface area (TPSA) is 98.8 Å². The number of carbonyl (C=O) groups excluding carboxylic acids is 2. The fraction of sp³-hybridized carbons (Fsp3) is 0.176. The Morgan fingerprint density at radius 1 is 0.960 bits per heavy atom. The lowest BCUT2D eigenvalue weighted by atomic mass is 10.1. The Kier molecular flexibility index (Phi) is 5.43. The van der Waals surface area contributed by atoms with E-state index in [-0.39, 0.29) is 21.7 Å². The van der Waals surface area contributed by atoms with Gasteiger partial charge in [0.25, 0.3) is 10.0 Å². The van der Waals surface area contributed by atoms with Crippen molar-refractivity contribution in [2.45, 2.75) is 11.8 Å². The first-order valence-corrected chi connectivity index (χ1v) is 8.67. The molecule has 2 aromatic rings. The van der Waals surface area contributed by atoms with Crippen molar-refractivity contribution in [3.63, 3.8) is 0 Å². The highest BCUT2D eigenvalue weighted by Crippen LogP contribution is 2.20. The van der Waals surface area contributed by atoms with E-state index >= 15 is 0 Å². The van der Waals surface area contributed by atoms with Crippen LogP contribution in [0.25, 0.3) is 0 Å². The van der Waals surface area contributed by atoms with Crippen LogP contribution in [-0.4, -0.2) is 34.6 Å². The summed E-state index contributed by atoms with van der Waals surface area (Å²) >= 11 is 0. The first-order valence-electron chi connectivity index (χ1n) is 7.18. The lowest BCUT2D eigenvalue weighted by molar-refractivity contribution is 0.0591. The molecule has 0 unspecified atom stereocenters. The third-order valence-electron chi connectivity index (χ3n) is 3.46. The Morgan fingerprint density at radius 2 is 1.64 bits per heavy atom. The molecule has 0 saturated heterocycles. The molecule has 7 nitrogen and oxygen atoms in total. The molecule has 0 bridgehead atoms. The molecule has 0 aromatic heterocycles. The molecule has 2 rings (SSSR count). The Labute approximate surface area is 145 Å². The number of hydrogen-bond donors (Lipinski definition) is 1. The standard InChI is InChI=1S/C17H17NO6S/c1-11-7-8-14(10-15(11)17(20)24-3)25(21,22)18-13-6-4-5-12(9-13)16(19)23-2/h4-10,18H,1-3H3. The number of anilines is 1. The van der Waals surface area contributed by atoms with Crippen LogP contribution < -0.4 is 4.72 Å². The van der Waals surface area contributed by atoms with Crippen molar-refractivity contribution in [2.75, 3.05) is 18.9 Å². The van der Waals surface area contributed by atoms with Crippen LogP contribution in [0.1, 0.15) is 26.3 Å². The van der Waals surface area contributed by atoms with Gasteiger partial charge in [-0.1, -0.05) is 12.1 Å². The third kappa shape index (κ3) is 4.16. The van der Waals surface area contributed by atoms with Gasteiger partial charge in [-0.3, -0.25) is 4.72 Å². The quantitative estimate of drug-likeness (QED) is 0.819. The van der Waals surface area contributed by atoms with E-state index in [0.717, 1.165) is 0 Å². The summed E-state index contributed by atoms with van der Waals surface area (Å²) in [5.74, 6) is -1.20. The molecule has 0 radical (unpaired) electrons. The minimum absolute atomic E-state index is 0.0954.